The zero-order valence-corrected chi connectivity index (χ0v) is 27.8. The SMILES string of the molecule is CCON=C1C[C@H](N(C)C(=O)NCCCN2CCCC2=O)[C@@]2(O)Oc3ccc(O)cc3[C@H]3[C@H](CCCCO)[C@@H](CCCCO)C=C1[C@H]32. The van der Waals surface area contributed by atoms with E-state index in [1.165, 1.54) is 4.90 Å². The van der Waals surface area contributed by atoms with E-state index in [9.17, 15) is 30.0 Å². The third-order valence-electron chi connectivity index (χ3n) is 10.4. The Balaban J connectivity index is 1.50. The summed E-state index contributed by atoms with van der Waals surface area (Å²) >= 11 is 0. The van der Waals surface area contributed by atoms with Crippen LogP contribution in [0, 0.1) is 17.8 Å². The van der Waals surface area contributed by atoms with Crippen LogP contribution in [0.25, 0.3) is 0 Å². The van der Waals surface area contributed by atoms with E-state index in [2.05, 4.69) is 16.5 Å². The van der Waals surface area contributed by atoms with Gasteiger partial charge < -0.3 is 45.1 Å². The summed E-state index contributed by atoms with van der Waals surface area (Å²) < 4.78 is 6.53. The van der Waals surface area contributed by atoms with Crippen molar-refractivity contribution in [2.75, 3.05) is 46.5 Å². The third kappa shape index (κ3) is 7.39. The number of aliphatic hydroxyl groups excluding tert-OH is 2. The molecule has 4 aliphatic rings. The number of likely N-dealkylation sites (N-methyl/N-ethyl adjacent to an activating group) is 1. The maximum atomic E-state index is 13.6. The second-order valence-electron chi connectivity index (χ2n) is 13.3. The van der Waals surface area contributed by atoms with E-state index in [-0.39, 0.29) is 55.1 Å². The lowest BCUT2D eigenvalue weighted by molar-refractivity contribution is -0.226. The standard InChI is InChI=1S/C35H52N4O8/c1-3-46-37-28-22-30(38(2)34(44)36-15-9-17-39-16-8-12-31(39)43)35(45)33-26(28)20-23(10-4-6-18-40)25(11-5-7-19-41)32(33)27-21-24(42)13-14-29(27)47-35/h13-14,20-21,23,25,30,32-33,40-42,45H,3-12,15-19,22H2,1-2H3,(H,36,44)/t23-,25+,30-,32+,33+,35+/m0/s1. The molecule has 0 spiro atoms. The number of hydrogen-bond acceptors (Lipinski definition) is 9. The van der Waals surface area contributed by atoms with E-state index >= 15 is 0 Å². The van der Waals surface area contributed by atoms with Gasteiger partial charge in [-0.3, -0.25) is 4.79 Å². The molecular formula is C35H52N4O8. The summed E-state index contributed by atoms with van der Waals surface area (Å²) in [7, 11) is 1.65. The molecule has 1 saturated carbocycles. The number of rotatable bonds is 15. The molecule has 47 heavy (non-hydrogen) atoms. The molecule has 2 fully saturated rings. The predicted molar refractivity (Wildman–Crippen MR) is 176 cm³/mol. The molecule has 12 nitrogen and oxygen atoms in total. The first-order valence-corrected chi connectivity index (χ1v) is 17.4. The van der Waals surface area contributed by atoms with Gasteiger partial charge in [0.05, 0.1) is 11.6 Å². The van der Waals surface area contributed by atoms with Crippen molar-refractivity contribution in [1.82, 2.24) is 15.1 Å². The van der Waals surface area contributed by atoms with Gasteiger partial charge in [-0.15, -0.1) is 0 Å². The Labute approximate surface area is 277 Å². The quantitative estimate of drug-likeness (QED) is 0.142. The summed E-state index contributed by atoms with van der Waals surface area (Å²) in [4.78, 5) is 34.5. The number of likely N-dealkylation sites (tertiary alicyclic amines) is 1. The van der Waals surface area contributed by atoms with Crippen LogP contribution in [0.15, 0.2) is 35.0 Å². The van der Waals surface area contributed by atoms with Crippen LogP contribution in [-0.4, -0.2) is 106 Å². The number of allylic oxidation sites excluding steroid dienone is 1. The van der Waals surface area contributed by atoms with E-state index in [1.54, 1.807) is 25.2 Å². The number of amides is 3. The maximum Gasteiger partial charge on any atom is 0.317 e. The molecule has 0 bridgehead atoms. The number of ether oxygens (including phenoxy) is 1. The fourth-order valence-corrected chi connectivity index (χ4v) is 8.18. The molecule has 5 N–H and O–H groups in total. The first-order valence-electron chi connectivity index (χ1n) is 17.4. The molecule has 2 aliphatic carbocycles. The van der Waals surface area contributed by atoms with Crippen molar-refractivity contribution in [3.8, 4) is 11.5 Å². The van der Waals surface area contributed by atoms with E-state index in [0.717, 1.165) is 49.8 Å². The topological polar surface area (TPSA) is 164 Å². The van der Waals surface area contributed by atoms with Crippen molar-refractivity contribution in [3.05, 3.63) is 35.4 Å². The Morgan fingerprint density at radius 2 is 1.94 bits per heavy atom. The van der Waals surface area contributed by atoms with E-state index in [0.29, 0.717) is 56.8 Å². The number of aromatic hydroxyl groups is 1. The Hall–Kier alpha value is -3.35. The number of phenolic OH excluding ortho intramolecular Hbond substituents is 1. The lowest BCUT2D eigenvalue weighted by atomic mass is 9.55. The molecule has 260 valence electrons. The van der Waals surface area contributed by atoms with Crippen LogP contribution < -0.4 is 10.1 Å². The Morgan fingerprint density at radius 1 is 1.17 bits per heavy atom. The molecule has 5 rings (SSSR count). The van der Waals surface area contributed by atoms with Gasteiger partial charge in [-0.1, -0.05) is 24.1 Å². The van der Waals surface area contributed by atoms with Crippen LogP contribution >= 0.6 is 0 Å². The van der Waals surface area contributed by atoms with Gasteiger partial charge in [0.1, 0.15) is 24.1 Å². The summed E-state index contributed by atoms with van der Waals surface area (Å²) in [5, 5.41) is 50.1. The van der Waals surface area contributed by atoms with Gasteiger partial charge in [-0.25, -0.2) is 4.79 Å². The van der Waals surface area contributed by atoms with Gasteiger partial charge in [0.15, 0.2) is 0 Å². The number of nitrogens with zero attached hydrogens (tertiary/aromatic N) is 3. The smallest absolute Gasteiger partial charge is 0.317 e. The van der Waals surface area contributed by atoms with Crippen molar-refractivity contribution in [2.24, 2.45) is 22.9 Å². The number of fused-ring (bicyclic) bond motifs is 2. The van der Waals surface area contributed by atoms with Crippen molar-refractivity contribution < 1.29 is 39.6 Å². The fraction of sp³-hybridized carbons (Fsp3) is 0.686. The predicted octanol–water partition coefficient (Wildman–Crippen LogP) is 3.49. The zero-order chi connectivity index (χ0) is 33.6. The van der Waals surface area contributed by atoms with Gasteiger partial charge in [0.25, 0.3) is 0 Å². The molecule has 1 saturated heterocycles. The summed E-state index contributed by atoms with van der Waals surface area (Å²) in [5.74, 6) is -1.87. The van der Waals surface area contributed by atoms with Crippen LogP contribution in [0.3, 0.4) is 0 Å². The maximum absolute atomic E-state index is 13.6. The lowest BCUT2D eigenvalue weighted by Gasteiger charge is -2.58. The molecular weight excluding hydrogens is 604 g/mol. The molecule has 0 unspecified atom stereocenters. The molecule has 1 aromatic rings. The highest BCUT2D eigenvalue weighted by atomic mass is 16.6. The monoisotopic (exact) mass is 656 g/mol. The first-order chi connectivity index (χ1) is 22.7. The molecule has 12 heteroatoms. The number of carbonyl (C=O) groups excluding carboxylic acids is 2. The van der Waals surface area contributed by atoms with Crippen LogP contribution in [-0.2, 0) is 9.63 Å². The van der Waals surface area contributed by atoms with Crippen molar-refractivity contribution in [1.29, 1.82) is 0 Å². The Kier molecular flexibility index (Phi) is 11.7. The summed E-state index contributed by atoms with van der Waals surface area (Å²) in [6, 6.07) is 3.76. The second-order valence-corrected chi connectivity index (χ2v) is 13.3. The minimum atomic E-state index is -1.81. The number of nitrogens with one attached hydrogen (secondary N) is 1. The molecule has 0 aromatic heterocycles. The molecule has 6 atom stereocenters. The number of unbranched alkanes of at least 4 members (excludes halogenated alkanes) is 2. The molecule has 2 heterocycles. The van der Waals surface area contributed by atoms with Gasteiger partial charge in [-0.05, 0) is 81.1 Å². The number of carbonyl (C=O) groups is 2. The average molecular weight is 657 g/mol. The molecule has 1 aromatic carbocycles. The number of phenols is 1. The van der Waals surface area contributed by atoms with Crippen molar-refractivity contribution in [2.45, 2.75) is 88.9 Å². The van der Waals surface area contributed by atoms with Gasteiger partial charge >= 0.3 is 6.03 Å². The number of hydrogen-bond donors (Lipinski definition) is 5. The number of aliphatic hydroxyl groups is 3. The number of benzene rings is 1. The average Bonchev–Trinajstić information content (AvgIpc) is 3.47. The normalized spacial score (nSPS) is 28.7. The van der Waals surface area contributed by atoms with Crippen LogP contribution in [0.1, 0.15) is 82.6 Å². The first kappa shape index (κ1) is 35.0. The van der Waals surface area contributed by atoms with E-state index in [1.807, 2.05) is 11.8 Å². The highest BCUT2D eigenvalue weighted by Crippen LogP contribution is 2.60. The third-order valence-corrected chi connectivity index (χ3v) is 10.4. The largest absolute Gasteiger partial charge is 0.508 e. The summed E-state index contributed by atoms with van der Waals surface area (Å²) in [5.41, 5.74) is 2.27. The Bertz CT molecular complexity index is 1320. The fourth-order valence-electron chi connectivity index (χ4n) is 8.18. The summed E-state index contributed by atoms with van der Waals surface area (Å²) in [6.45, 7) is 4.12. The highest BCUT2D eigenvalue weighted by Gasteiger charge is 2.63. The van der Waals surface area contributed by atoms with E-state index < -0.39 is 17.7 Å². The summed E-state index contributed by atoms with van der Waals surface area (Å²) in [6.07, 6.45) is 8.99. The second kappa shape index (κ2) is 15.7. The van der Waals surface area contributed by atoms with Gasteiger partial charge in [0.2, 0.25) is 11.7 Å². The number of urea groups is 1. The minimum absolute atomic E-state index is 0.0319. The molecule has 2 aliphatic heterocycles. The number of oxime groups is 1. The van der Waals surface area contributed by atoms with Gasteiger partial charge in [0, 0.05) is 64.2 Å². The molecule has 3 amide bonds. The van der Waals surface area contributed by atoms with Crippen LogP contribution in [0.2, 0.25) is 0 Å². The van der Waals surface area contributed by atoms with Crippen LogP contribution in [0.4, 0.5) is 4.79 Å². The lowest BCUT2D eigenvalue weighted by Crippen LogP contribution is -2.69. The minimum Gasteiger partial charge on any atom is -0.508 e. The van der Waals surface area contributed by atoms with Gasteiger partial charge in [-0.2, -0.15) is 0 Å². The van der Waals surface area contributed by atoms with Crippen molar-refractivity contribution in [3.63, 3.8) is 0 Å². The Morgan fingerprint density at radius 3 is 2.64 bits per heavy atom. The molecule has 0 radical (unpaired) electrons. The zero-order valence-electron chi connectivity index (χ0n) is 27.8. The van der Waals surface area contributed by atoms with Crippen molar-refractivity contribution >= 4 is 17.6 Å². The van der Waals surface area contributed by atoms with E-state index in [4.69, 9.17) is 9.57 Å². The van der Waals surface area contributed by atoms with Crippen LogP contribution in [0.5, 0.6) is 11.5 Å². The highest BCUT2D eigenvalue weighted by molar-refractivity contribution is 6.03.